The van der Waals surface area contributed by atoms with Gasteiger partial charge in [-0.3, -0.25) is 4.79 Å². The van der Waals surface area contributed by atoms with Crippen molar-refractivity contribution in [3.05, 3.63) is 52.6 Å². The number of anilines is 1. The van der Waals surface area contributed by atoms with Crippen LogP contribution in [0.5, 0.6) is 0 Å². The Morgan fingerprint density at radius 1 is 1.19 bits per heavy atom. The first-order chi connectivity index (χ1) is 13.1. The number of hydrogen-bond acceptors (Lipinski definition) is 4. The lowest BCUT2D eigenvalue weighted by Crippen LogP contribution is -2.38. The fourth-order valence-electron chi connectivity index (χ4n) is 3.13. The Bertz CT molecular complexity index is 749. The SMILES string of the molecule is O=C(Nc1ccc(Cl)cn1)C1CCN(CCCSc2ccccc2Cl)CC1. The van der Waals surface area contributed by atoms with E-state index in [0.29, 0.717) is 10.8 Å². The number of likely N-dealkylation sites (tertiary alicyclic amines) is 1. The predicted octanol–water partition coefficient (Wildman–Crippen LogP) is 5.22. The Morgan fingerprint density at radius 2 is 1.96 bits per heavy atom. The highest BCUT2D eigenvalue weighted by molar-refractivity contribution is 7.99. The number of halogens is 2. The number of aromatic nitrogens is 1. The minimum absolute atomic E-state index is 0.0521. The maximum atomic E-state index is 12.4. The summed E-state index contributed by atoms with van der Waals surface area (Å²) in [5.74, 6) is 1.71. The topological polar surface area (TPSA) is 45.2 Å². The van der Waals surface area contributed by atoms with Crippen molar-refractivity contribution >= 4 is 46.7 Å². The molecule has 27 heavy (non-hydrogen) atoms. The van der Waals surface area contributed by atoms with Crippen LogP contribution in [0.4, 0.5) is 5.82 Å². The molecule has 0 aliphatic carbocycles. The number of piperidine rings is 1. The highest BCUT2D eigenvalue weighted by Gasteiger charge is 2.24. The molecular formula is C20H23Cl2N3OS. The summed E-state index contributed by atoms with van der Waals surface area (Å²) >= 11 is 13.8. The summed E-state index contributed by atoms with van der Waals surface area (Å²) in [6.07, 6.45) is 4.43. The van der Waals surface area contributed by atoms with Gasteiger partial charge < -0.3 is 10.2 Å². The van der Waals surface area contributed by atoms with Crippen LogP contribution in [-0.2, 0) is 4.79 Å². The number of hydrogen-bond donors (Lipinski definition) is 1. The van der Waals surface area contributed by atoms with Gasteiger partial charge in [0.1, 0.15) is 5.82 Å². The number of carbonyl (C=O) groups excluding carboxylic acids is 1. The van der Waals surface area contributed by atoms with Crippen molar-refractivity contribution in [3.63, 3.8) is 0 Å². The second-order valence-corrected chi connectivity index (χ2v) is 8.58. The number of rotatable bonds is 7. The molecule has 1 aromatic carbocycles. The largest absolute Gasteiger partial charge is 0.310 e. The molecule has 1 fully saturated rings. The van der Waals surface area contributed by atoms with Crippen LogP contribution in [0.2, 0.25) is 10.0 Å². The van der Waals surface area contributed by atoms with E-state index in [2.05, 4.69) is 21.3 Å². The summed E-state index contributed by atoms with van der Waals surface area (Å²) in [4.78, 5) is 20.1. The van der Waals surface area contributed by atoms with Crippen molar-refractivity contribution in [1.82, 2.24) is 9.88 Å². The zero-order chi connectivity index (χ0) is 19.1. The molecule has 2 heterocycles. The Labute approximate surface area is 174 Å². The lowest BCUT2D eigenvalue weighted by Gasteiger charge is -2.31. The molecule has 0 atom stereocenters. The molecule has 1 N–H and O–H groups in total. The molecule has 7 heteroatoms. The Kier molecular flexibility index (Phi) is 7.82. The second kappa shape index (κ2) is 10.3. The number of thioether (sulfide) groups is 1. The second-order valence-electron chi connectivity index (χ2n) is 6.60. The van der Waals surface area contributed by atoms with Gasteiger partial charge in [0.15, 0.2) is 0 Å². The highest BCUT2D eigenvalue weighted by Crippen LogP contribution is 2.27. The van der Waals surface area contributed by atoms with E-state index in [1.54, 1.807) is 30.1 Å². The maximum absolute atomic E-state index is 12.4. The number of nitrogens with one attached hydrogen (secondary N) is 1. The molecule has 0 bridgehead atoms. The van der Waals surface area contributed by atoms with Crippen molar-refractivity contribution < 1.29 is 4.79 Å². The van der Waals surface area contributed by atoms with Crippen molar-refractivity contribution in [2.24, 2.45) is 5.92 Å². The zero-order valence-corrected chi connectivity index (χ0v) is 17.4. The Balaban J connectivity index is 1.34. The average Bonchev–Trinajstić information content (AvgIpc) is 2.69. The van der Waals surface area contributed by atoms with Crippen LogP contribution in [0.25, 0.3) is 0 Å². The van der Waals surface area contributed by atoms with Gasteiger partial charge in [-0.05, 0) is 68.9 Å². The third kappa shape index (κ3) is 6.39. The first kappa shape index (κ1) is 20.5. The summed E-state index contributed by atoms with van der Waals surface area (Å²) in [5.41, 5.74) is 0. The third-order valence-corrected chi connectivity index (χ3v) is 6.47. The highest BCUT2D eigenvalue weighted by atomic mass is 35.5. The Morgan fingerprint density at radius 3 is 2.67 bits per heavy atom. The van der Waals surface area contributed by atoms with Crippen molar-refractivity contribution in [2.45, 2.75) is 24.2 Å². The number of pyridine rings is 1. The van der Waals surface area contributed by atoms with Gasteiger partial charge >= 0.3 is 0 Å². The van der Waals surface area contributed by atoms with Gasteiger partial charge in [-0.1, -0.05) is 35.3 Å². The summed E-state index contributed by atoms with van der Waals surface area (Å²) in [5, 5.41) is 4.27. The molecule has 1 aliphatic heterocycles. The monoisotopic (exact) mass is 423 g/mol. The minimum atomic E-state index is 0.0521. The van der Waals surface area contributed by atoms with E-state index in [1.165, 1.54) is 0 Å². The van der Waals surface area contributed by atoms with Crippen molar-refractivity contribution in [3.8, 4) is 0 Å². The zero-order valence-electron chi connectivity index (χ0n) is 15.0. The normalized spacial score (nSPS) is 15.6. The molecule has 3 rings (SSSR count). The molecule has 0 spiro atoms. The van der Waals surface area contributed by atoms with Gasteiger partial charge in [-0.25, -0.2) is 4.98 Å². The van der Waals surface area contributed by atoms with Crippen molar-refractivity contribution in [2.75, 3.05) is 30.7 Å². The van der Waals surface area contributed by atoms with Crippen molar-refractivity contribution in [1.29, 1.82) is 0 Å². The molecule has 1 saturated heterocycles. The molecule has 1 amide bonds. The lowest BCUT2D eigenvalue weighted by molar-refractivity contribution is -0.121. The van der Waals surface area contributed by atoms with Gasteiger partial charge in [-0.2, -0.15) is 0 Å². The Hall–Kier alpha value is -1.27. The number of nitrogens with zero attached hydrogens (tertiary/aromatic N) is 2. The van der Waals surface area contributed by atoms with Gasteiger partial charge in [0.05, 0.1) is 10.0 Å². The summed E-state index contributed by atoms with van der Waals surface area (Å²) in [7, 11) is 0. The van der Waals surface area contributed by atoms with Crippen LogP contribution in [0.15, 0.2) is 47.5 Å². The molecule has 0 radical (unpaired) electrons. The fourth-order valence-corrected chi connectivity index (χ4v) is 4.41. The lowest BCUT2D eigenvalue weighted by atomic mass is 9.96. The first-order valence-electron chi connectivity index (χ1n) is 9.14. The summed E-state index contributed by atoms with van der Waals surface area (Å²) < 4.78 is 0. The maximum Gasteiger partial charge on any atom is 0.228 e. The van der Waals surface area contributed by atoms with Gasteiger partial charge in [-0.15, -0.1) is 11.8 Å². The predicted molar refractivity (Wildman–Crippen MR) is 114 cm³/mol. The van der Waals surface area contributed by atoms with Gasteiger partial charge in [0.2, 0.25) is 5.91 Å². The van der Waals surface area contributed by atoms with E-state index >= 15 is 0 Å². The van der Waals surface area contributed by atoms with Crippen LogP contribution in [-0.4, -0.2) is 41.2 Å². The van der Waals surface area contributed by atoms with Crippen LogP contribution < -0.4 is 5.32 Å². The first-order valence-corrected chi connectivity index (χ1v) is 10.9. The van der Waals surface area contributed by atoms with Crippen LogP contribution in [0.3, 0.4) is 0 Å². The molecule has 1 aromatic heterocycles. The fraction of sp³-hybridized carbons (Fsp3) is 0.400. The van der Waals surface area contributed by atoms with E-state index in [4.69, 9.17) is 23.2 Å². The van der Waals surface area contributed by atoms with Crippen LogP contribution in [0, 0.1) is 5.92 Å². The smallest absolute Gasteiger partial charge is 0.228 e. The number of amides is 1. The standard InChI is InChI=1S/C20H23Cl2N3OS/c21-16-6-7-19(23-14-16)24-20(26)15-8-11-25(12-9-15)10-3-13-27-18-5-2-1-4-17(18)22/h1-2,4-7,14-15H,3,8-13H2,(H,23,24,26). The van der Waals surface area contributed by atoms with Gasteiger partial charge in [0, 0.05) is 17.0 Å². The molecule has 1 aliphatic rings. The van der Waals surface area contributed by atoms with Crippen LogP contribution in [0.1, 0.15) is 19.3 Å². The molecule has 4 nitrogen and oxygen atoms in total. The van der Waals surface area contributed by atoms with E-state index in [0.717, 1.165) is 54.6 Å². The van der Waals surface area contributed by atoms with E-state index in [-0.39, 0.29) is 11.8 Å². The van der Waals surface area contributed by atoms with E-state index < -0.39 is 0 Å². The van der Waals surface area contributed by atoms with Crippen LogP contribution >= 0.6 is 35.0 Å². The molecule has 2 aromatic rings. The quantitative estimate of drug-likeness (QED) is 0.489. The molecule has 0 unspecified atom stereocenters. The molecule has 144 valence electrons. The average molecular weight is 424 g/mol. The summed E-state index contributed by atoms with van der Waals surface area (Å²) in [6.45, 7) is 2.98. The van der Waals surface area contributed by atoms with E-state index in [9.17, 15) is 4.79 Å². The number of benzene rings is 1. The molecular weight excluding hydrogens is 401 g/mol. The van der Waals surface area contributed by atoms with E-state index in [1.807, 2.05) is 18.2 Å². The molecule has 0 saturated carbocycles. The summed E-state index contributed by atoms with van der Waals surface area (Å²) in [6, 6.07) is 11.4. The van der Waals surface area contributed by atoms with Gasteiger partial charge in [0.25, 0.3) is 0 Å². The third-order valence-electron chi connectivity index (χ3n) is 4.65. The number of carbonyl (C=O) groups is 1. The minimum Gasteiger partial charge on any atom is -0.310 e.